The van der Waals surface area contributed by atoms with Crippen molar-refractivity contribution >= 4 is 11.8 Å². The topological polar surface area (TPSA) is 45.6 Å². The van der Waals surface area contributed by atoms with Gasteiger partial charge in [0.15, 0.2) is 0 Å². The molecule has 2 heterocycles. The summed E-state index contributed by atoms with van der Waals surface area (Å²) in [7, 11) is 1.95. The van der Waals surface area contributed by atoms with Crippen LogP contribution in [0.2, 0.25) is 0 Å². The zero-order valence-corrected chi connectivity index (χ0v) is 15.6. The molecule has 26 heavy (non-hydrogen) atoms. The molecule has 1 aliphatic heterocycles. The number of amides is 2. The lowest BCUT2D eigenvalue weighted by Gasteiger charge is -2.35. The average molecular weight is 353 g/mol. The molecule has 138 valence electrons. The minimum atomic E-state index is 0.142. The maximum absolute atomic E-state index is 12.4. The van der Waals surface area contributed by atoms with Crippen molar-refractivity contribution in [3.8, 4) is 0 Å². The summed E-state index contributed by atoms with van der Waals surface area (Å²) < 4.78 is 1.95. The van der Waals surface area contributed by atoms with Crippen molar-refractivity contribution in [1.82, 2.24) is 14.4 Å². The van der Waals surface area contributed by atoms with Crippen LogP contribution in [-0.2, 0) is 29.5 Å². The predicted octanol–water partition coefficient (Wildman–Crippen LogP) is 2.18. The van der Waals surface area contributed by atoms with E-state index in [0.29, 0.717) is 39.0 Å². The highest BCUT2D eigenvalue weighted by Crippen LogP contribution is 2.11. The molecule has 1 fully saturated rings. The number of hydrogen-bond donors (Lipinski definition) is 0. The van der Waals surface area contributed by atoms with Crippen LogP contribution in [0.25, 0.3) is 0 Å². The van der Waals surface area contributed by atoms with E-state index in [1.54, 1.807) is 0 Å². The van der Waals surface area contributed by atoms with Crippen molar-refractivity contribution in [2.24, 2.45) is 7.05 Å². The van der Waals surface area contributed by atoms with Gasteiger partial charge in [-0.1, -0.05) is 29.8 Å². The van der Waals surface area contributed by atoms with Gasteiger partial charge in [0, 0.05) is 52.0 Å². The van der Waals surface area contributed by atoms with Gasteiger partial charge in [-0.25, -0.2) is 0 Å². The lowest BCUT2D eigenvalue weighted by atomic mass is 10.1. The Labute approximate surface area is 155 Å². The third-order valence-electron chi connectivity index (χ3n) is 4.98. The molecule has 0 atom stereocenters. The Balaban J connectivity index is 1.43. The summed E-state index contributed by atoms with van der Waals surface area (Å²) in [5.41, 5.74) is 3.46. The minimum absolute atomic E-state index is 0.142. The van der Waals surface area contributed by atoms with Crippen molar-refractivity contribution in [3.05, 3.63) is 59.4 Å². The summed E-state index contributed by atoms with van der Waals surface area (Å²) in [6.07, 6.45) is 5.66. The summed E-state index contributed by atoms with van der Waals surface area (Å²) in [5, 5.41) is 0. The molecule has 0 unspecified atom stereocenters. The molecule has 1 saturated heterocycles. The van der Waals surface area contributed by atoms with Crippen LogP contribution >= 0.6 is 0 Å². The Kier molecular flexibility index (Phi) is 5.76. The van der Waals surface area contributed by atoms with Crippen LogP contribution in [-0.4, -0.2) is 52.4 Å². The van der Waals surface area contributed by atoms with Gasteiger partial charge in [0.1, 0.15) is 0 Å². The van der Waals surface area contributed by atoms with Gasteiger partial charge < -0.3 is 14.4 Å². The van der Waals surface area contributed by atoms with E-state index in [9.17, 15) is 9.59 Å². The van der Waals surface area contributed by atoms with Gasteiger partial charge in [0.2, 0.25) is 11.8 Å². The van der Waals surface area contributed by atoms with Gasteiger partial charge in [-0.3, -0.25) is 9.59 Å². The van der Waals surface area contributed by atoms with Crippen molar-refractivity contribution < 1.29 is 9.59 Å². The number of rotatable bonds is 5. The highest BCUT2D eigenvalue weighted by Gasteiger charge is 2.24. The van der Waals surface area contributed by atoms with Gasteiger partial charge in [0.25, 0.3) is 0 Å². The number of aromatic nitrogens is 1. The lowest BCUT2D eigenvalue weighted by molar-refractivity contribution is -0.139. The lowest BCUT2D eigenvalue weighted by Crippen LogP contribution is -2.51. The molecular weight excluding hydrogens is 326 g/mol. The van der Waals surface area contributed by atoms with Gasteiger partial charge in [0.05, 0.1) is 6.42 Å². The third-order valence-corrected chi connectivity index (χ3v) is 4.98. The van der Waals surface area contributed by atoms with Crippen molar-refractivity contribution in [2.45, 2.75) is 26.2 Å². The van der Waals surface area contributed by atoms with Gasteiger partial charge in [-0.15, -0.1) is 0 Å². The number of benzene rings is 1. The number of hydrogen-bond acceptors (Lipinski definition) is 2. The molecule has 1 aromatic carbocycles. The van der Waals surface area contributed by atoms with Crippen LogP contribution in [0.15, 0.2) is 42.7 Å². The SMILES string of the molecule is Cc1ccc(CCC(=O)N2CCN(C(=O)Cc3ccn(C)c3)CC2)cc1. The van der Waals surface area contributed by atoms with E-state index in [4.69, 9.17) is 0 Å². The largest absolute Gasteiger partial charge is 0.357 e. The van der Waals surface area contributed by atoms with E-state index in [-0.39, 0.29) is 11.8 Å². The standard InChI is InChI=1S/C21H27N3O2/c1-17-3-5-18(6-4-17)7-8-20(25)23-11-13-24(14-12-23)21(26)15-19-9-10-22(2)16-19/h3-6,9-10,16H,7-8,11-15H2,1-2H3. The summed E-state index contributed by atoms with van der Waals surface area (Å²) in [6, 6.07) is 10.3. The number of aryl methyl sites for hydroxylation is 3. The fourth-order valence-electron chi connectivity index (χ4n) is 3.32. The molecule has 0 spiro atoms. The van der Waals surface area contributed by atoms with E-state index in [2.05, 4.69) is 31.2 Å². The molecule has 5 nitrogen and oxygen atoms in total. The van der Waals surface area contributed by atoms with E-state index in [1.807, 2.05) is 39.9 Å². The smallest absolute Gasteiger partial charge is 0.227 e. The molecule has 5 heteroatoms. The zero-order chi connectivity index (χ0) is 18.5. The maximum atomic E-state index is 12.4. The second-order valence-electron chi connectivity index (χ2n) is 7.11. The fraction of sp³-hybridized carbons (Fsp3) is 0.429. The average Bonchev–Trinajstić information content (AvgIpc) is 3.06. The predicted molar refractivity (Wildman–Crippen MR) is 102 cm³/mol. The summed E-state index contributed by atoms with van der Waals surface area (Å²) in [6.45, 7) is 4.58. The Hall–Kier alpha value is -2.56. The monoisotopic (exact) mass is 353 g/mol. The molecule has 0 radical (unpaired) electrons. The number of carbonyl (C=O) groups is 2. The minimum Gasteiger partial charge on any atom is -0.357 e. The van der Waals surface area contributed by atoms with Crippen LogP contribution in [0.3, 0.4) is 0 Å². The Morgan fingerprint density at radius 2 is 1.50 bits per heavy atom. The normalized spacial score (nSPS) is 14.5. The van der Waals surface area contributed by atoms with Crippen molar-refractivity contribution in [3.63, 3.8) is 0 Å². The summed E-state index contributed by atoms with van der Waals surface area (Å²) >= 11 is 0. The van der Waals surface area contributed by atoms with E-state index in [1.165, 1.54) is 11.1 Å². The number of piperazine rings is 1. The first-order chi connectivity index (χ1) is 12.5. The molecular formula is C21H27N3O2. The summed E-state index contributed by atoms with van der Waals surface area (Å²) in [5.74, 6) is 0.323. The van der Waals surface area contributed by atoms with Crippen LogP contribution in [0.5, 0.6) is 0 Å². The second-order valence-corrected chi connectivity index (χ2v) is 7.11. The first-order valence-corrected chi connectivity index (χ1v) is 9.23. The van der Waals surface area contributed by atoms with Crippen LogP contribution in [0, 0.1) is 6.92 Å². The molecule has 1 aromatic heterocycles. The number of carbonyl (C=O) groups excluding carboxylic acids is 2. The van der Waals surface area contributed by atoms with E-state index >= 15 is 0 Å². The Bertz CT molecular complexity index is 756. The molecule has 1 aliphatic rings. The quantitative estimate of drug-likeness (QED) is 0.827. The van der Waals surface area contributed by atoms with E-state index < -0.39 is 0 Å². The Morgan fingerprint density at radius 3 is 2.08 bits per heavy atom. The molecule has 2 aromatic rings. The molecule has 2 amide bonds. The first kappa shape index (κ1) is 18.2. The fourth-order valence-corrected chi connectivity index (χ4v) is 3.32. The third kappa shape index (κ3) is 4.75. The maximum Gasteiger partial charge on any atom is 0.227 e. The van der Waals surface area contributed by atoms with Crippen molar-refractivity contribution in [2.75, 3.05) is 26.2 Å². The van der Waals surface area contributed by atoms with Crippen LogP contribution in [0.4, 0.5) is 0 Å². The zero-order valence-electron chi connectivity index (χ0n) is 15.6. The summed E-state index contributed by atoms with van der Waals surface area (Å²) in [4.78, 5) is 28.6. The molecule has 0 bridgehead atoms. The molecule has 0 aliphatic carbocycles. The van der Waals surface area contributed by atoms with Gasteiger partial charge >= 0.3 is 0 Å². The van der Waals surface area contributed by atoms with Crippen LogP contribution < -0.4 is 0 Å². The molecule has 3 rings (SSSR count). The number of nitrogens with zero attached hydrogens (tertiary/aromatic N) is 3. The molecule has 0 N–H and O–H groups in total. The van der Waals surface area contributed by atoms with Crippen molar-refractivity contribution in [1.29, 1.82) is 0 Å². The highest BCUT2D eigenvalue weighted by molar-refractivity contribution is 5.80. The van der Waals surface area contributed by atoms with Crippen LogP contribution in [0.1, 0.15) is 23.1 Å². The van der Waals surface area contributed by atoms with Gasteiger partial charge in [-0.2, -0.15) is 0 Å². The van der Waals surface area contributed by atoms with Gasteiger partial charge in [-0.05, 0) is 30.5 Å². The highest BCUT2D eigenvalue weighted by atomic mass is 16.2. The first-order valence-electron chi connectivity index (χ1n) is 9.23. The van der Waals surface area contributed by atoms with E-state index in [0.717, 1.165) is 12.0 Å². The second kappa shape index (κ2) is 8.21. The Morgan fingerprint density at radius 1 is 0.885 bits per heavy atom. The molecule has 0 saturated carbocycles.